The van der Waals surface area contributed by atoms with Crippen molar-refractivity contribution in [1.82, 2.24) is 9.78 Å². The molecule has 0 unspecified atom stereocenters. The van der Waals surface area contributed by atoms with E-state index in [1.54, 1.807) is 0 Å². The summed E-state index contributed by atoms with van der Waals surface area (Å²) >= 11 is 0. The fourth-order valence-corrected chi connectivity index (χ4v) is 1.95. The zero-order valence-electron chi connectivity index (χ0n) is 8.99. The lowest BCUT2D eigenvalue weighted by atomic mass is 10.2. The number of nitrogens with zero attached hydrogens (tertiary/aromatic N) is 3. The van der Waals surface area contributed by atoms with Crippen LogP contribution in [0.15, 0.2) is 0 Å². The van der Waals surface area contributed by atoms with Crippen molar-refractivity contribution in [2.75, 3.05) is 11.9 Å². The highest BCUT2D eigenvalue weighted by Crippen LogP contribution is 2.32. The first-order chi connectivity index (χ1) is 6.65. The third-order valence-corrected chi connectivity index (χ3v) is 2.90. The Bertz CT molecular complexity index is 341. The summed E-state index contributed by atoms with van der Waals surface area (Å²) in [5.74, 6) is 1.06. The molecule has 1 aromatic heterocycles. The molecule has 0 aromatic carbocycles. The Morgan fingerprint density at radius 1 is 1.57 bits per heavy atom. The molecule has 0 amide bonds. The van der Waals surface area contributed by atoms with Crippen LogP contribution in [0.1, 0.15) is 24.1 Å². The number of aromatic nitrogens is 2. The van der Waals surface area contributed by atoms with Crippen molar-refractivity contribution in [3.63, 3.8) is 0 Å². The highest BCUT2D eigenvalue weighted by atomic mass is 16.3. The van der Waals surface area contributed by atoms with Crippen molar-refractivity contribution in [2.45, 2.75) is 32.4 Å². The molecule has 0 radical (unpaired) electrons. The summed E-state index contributed by atoms with van der Waals surface area (Å²) in [6.07, 6.45) is 2.51. The zero-order chi connectivity index (χ0) is 10.3. The Morgan fingerprint density at radius 3 is 2.71 bits per heavy atom. The highest BCUT2D eigenvalue weighted by molar-refractivity contribution is 5.50. The molecule has 0 spiro atoms. The molecular formula is C10H17N3O. The summed E-state index contributed by atoms with van der Waals surface area (Å²) in [6.45, 7) is 2.02. The molecule has 1 aliphatic carbocycles. The standard InChI is InChI=1S/C10H17N3O/c1-7-9(6-14)10(13(3)11-7)12(2)8-4-5-8/h8,14H,4-6H2,1-3H3. The summed E-state index contributed by atoms with van der Waals surface area (Å²) in [4.78, 5) is 2.23. The minimum atomic E-state index is 0.0755. The molecule has 0 aliphatic heterocycles. The van der Waals surface area contributed by atoms with Crippen molar-refractivity contribution in [3.8, 4) is 0 Å². The van der Waals surface area contributed by atoms with E-state index < -0.39 is 0 Å². The second-order valence-electron chi connectivity index (χ2n) is 4.01. The third kappa shape index (κ3) is 1.39. The molecule has 1 fully saturated rings. The summed E-state index contributed by atoms with van der Waals surface area (Å²) in [5, 5.41) is 13.6. The number of anilines is 1. The van der Waals surface area contributed by atoms with E-state index in [0.717, 1.165) is 17.1 Å². The number of hydrogen-bond donors (Lipinski definition) is 1. The van der Waals surface area contributed by atoms with Crippen molar-refractivity contribution >= 4 is 5.82 Å². The van der Waals surface area contributed by atoms with E-state index in [0.29, 0.717) is 6.04 Å². The van der Waals surface area contributed by atoms with Gasteiger partial charge >= 0.3 is 0 Å². The van der Waals surface area contributed by atoms with Crippen LogP contribution in [-0.2, 0) is 13.7 Å². The Labute approximate surface area is 84.1 Å². The van der Waals surface area contributed by atoms with Crippen LogP contribution in [0.5, 0.6) is 0 Å². The molecule has 4 nitrogen and oxygen atoms in total. The van der Waals surface area contributed by atoms with E-state index in [2.05, 4.69) is 17.0 Å². The summed E-state index contributed by atoms with van der Waals surface area (Å²) in [5.41, 5.74) is 1.89. The quantitative estimate of drug-likeness (QED) is 0.776. The summed E-state index contributed by atoms with van der Waals surface area (Å²) in [7, 11) is 4.01. The maximum atomic E-state index is 9.28. The smallest absolute Gasteiger partial charge is 0.132 e. The molecule has 1 saturated carbocycles. The van der Waals surface area contributed by atoms with Crippen LogP contribution in [-0.4, -0.2) is 28.0 Å². The van der Waals surface area contributed by atoms with Gasteiger partial charge in [-0.05, 0) is 19.8 Å². The van der Waals surface area contributed by atoms with Gasteiger partial charge in [-0.15, -0.1) is 0 Å². The van der Waals surface area contributed by atoms with E-state index in [-0.39, 0.29) is 6.61 Å². The average molecular weight is 195 g/mol. The van der Waals surface area contributed by atoms with E-state index in [4.69, 9.17) is 0 Å². The predicted octanol–water partition coefficient (Wildman–Crippen LogP) is 0.819. The number of aliphatic hydroxyl groups excluding tert-OH is 1. The molecule has 14 heavy (non-hydrogen) atoms. The first-order valence-electron chi connectivity index (χ1n) is 5.01. The van der Waals surface area contributed by atoms with E-state index >= 15 is 0 Å². The maximum Gasteiger partial charge on any atom is 0.132 e. The number of aliphatic hydroxyl groups is 1. The summed E-state index contributed by atoms with van der Waals surface area (Å²) < 4.78 is 1.86. The van der Waals surface area contributed by atoms with Crippen LogP contribution in [0.25, 0.3) is 0 Å². The molecule has 1 heterocycles. The SMILES string of the molecule is Cc1nn(C)c(N(C)C2CC2)c1CO. The lowest BCUT2D eigenvalue weighted by molar-refractivity contribution is 0.281. The summed E-state index contributed by atoms with van der Waals surface area (Å²) in [6, 6.07) is 0.648. The van der Waals surface area contributed by atoms with Crippen molar-refractivity contribution in [2.24, 2.45) is 7.05 Å². The van der Waals surface area contributed by atoms with Gasteiger partial charge in [0.1, 0.15) is 5.82 Å². The second kappa shape index (κ2) is 3.28. The highest BCUT2D eigenvalue weighted by Gasteiger charge is 2.30. The van der Waals surface area contributed by atoms with E-state index in [1.807, 2.05) is 18.7 Å². The minimum Gasteiger partial charge on any atom is -0.391 e. The number of rotatable bonds is 3. The minimum absolute atomic E-state index is 0.0755. The van der Waals surface area contributed by atoms with Gasteiger partial charge in [0.15, 0.2) is 0 Å². The molecule has 0 atom stereocenters. The molecule has 4 heteroatoms. The Morgan fingerprint density at radius 2 is 2.21 bits per heavy atom. The Hall–Kier alpha value is -1.03. The topological polar surface area (TPSA) is 41.3 Å². The molecule has 1 aliphatic rings. The molecule has 1 N–H and O–H groups in total. The van der Waals surface area contributed by atoms with Crippen LogP contribution in [0, 0.1) is 6.92 Å². The normalized spacial score (nSPS) is 16.0. The molecule has 2 rings (SSSR count). The van der Waals surface area contributed by atoms with Crippen LogP contribution in [0.2, 0.25) is 0 Å². The van der Waals surface area contributed by atoms with Crippen LogP contribution in [0.4, 0.5) is 5.82 Å². The van der Waals surface area contributed by atoms with Gasteiger partial charge in [0.25, 0.3) is 0 Å². The lowest BCUT2D eigenvalue weighted by Crippen LogP contribution is -2.23. The fourth-order valence-electron chi connectivity index (χ4n) is 1.95. The van der Waals surface area contributed by atoms with Crippen LogP contribution in [0.3, 0.4) is 0 Å². The second-order valence-corrected chi connectivity index (χ2v) is 4.01. The molecule has 1 aromatic rings. The van der Waals surface area contributed by atoms with Gasteiger partial charge < -0.3 is 10.0 Å². The first kappa shape index (κ1) is 9.52. The van der Waals surface area contributed by atoms with Gasteiger partial charge in [0.05, 0.1) is 12.3 Å². The predicted molar refractivity (Wildman–Crippen MR) is 55.3 cm³/mol. The zero-order valence-corrected chi connectivity index (χ0v) is 8.99. The van der Waals surface area contributed by atoms with Gasteiger partial charge in [-0.25, -0.2) is 0 Å². The molecule has 78 valence electrons. The largest absolute Gasteiger partial charge is 0.391 e. The van der Waals surface area contributed by atoms with E-state index in [1.165, 1.54) is 12.8 Å². The average Bonchev–Trinajstić information content (AvgIpc) is 2.91. The Kier molecular flexibility index (Phi) is 2.23. The van der Waals surface area contributed by atoms with Crippen LogP contribution >= 0.6 is 0 Å². The van der Waals surface area contributed by atoms with Gasteiger partial charge in [0.2, 0.25) is 0 Å². The fraction of sp³-hybridized carbons (Fsp3) is 0.700. The van der Waals surface area contributed by atoms with Gasteiger partial charge in [-0.1, -0.05) is 0 Å². The monoisotopic (exact) mass is 195 g/mol. The van der Waals surface area contributed by atoms with E-state index in [9.17, 15) is 5.11 Å². The maximum absolute atomic E-state index is 9.28. The third-order valence-electron chi connectivity index (χ3n) is 2.90. The number of aryl methyl sites for hydroxylation is 2. The van der Waals surface area contributed by atoms with Gasteiger partial charge in [0, 0.05) is 25.7 Å². The number of hydrogen-bond acceptors (Lipinski definition) is 3. The lowest BCUT2D eigenvalue weighted by Gasteiger charge is -2.19. The Balaban J connectivity index is 2.38. The molecular weight excluding hydrogens is 178 g/mol. The van der Waals surface area contributed by atoms with Crippen molar-refractivity contribution < 1.29 is 5.11 Å². The van der Waals surface area contributed by atoms with Crippen LogP contribution < -0.4 is 4.90 Å². The molecule has 0 bridgehead atoms. The van der Waals surface area contributed by atoms with Gasteiger partial charge in [-0.2, -0.15) is 5.10 Å². The first-order valence-corrected chi connectivity index (χ1v) is 5.01. The van der Waals surface area contributed by atoms with Gasteiger partial charge in [-0.3, -0.25) is 4.68 Å². The molecule has 0 saturated heterocycles. The van der Waals surface area contributed by atoms with Crippen molar-refractivity contribution in [3.05, 3.63) is 11.3 Å². The van der Waals surface area contributed by atoms with Crippen molar-refractivity contribution in [1.29, 1.82) is 0 Å².